The third kappa shape index (κ3) is 3.02. The van der Waals surface area contributed by atoms with E-state index >= 15 is 0 Å². The molecule has 0 bridgehead atoms. The zero-order valence-electron chi connectivity index (χ0n) is 15.3. The number of rotatable bonds is 3. The molecule has 0 radical (unpaired) electrons. The number of pyridine rings is 1. The minimum absolute atomic E-state index is 0.190. The Morgan fingerprint density at radius 1 is 1.24 bits per heavy atom. The van der Waals surface area contributed by atoms with E-state index in [1.54, 1.807) is 30.2 Å². The average Bonchev–Trinajstić information content (AvgIpc) is 3.26. The summed E-state index contributed by atoms with van der Waals surface area (Å²) >= 11 is 6.33. The van der Waals surface area contributed by atoms with Gasteiger partial charge in [0.2, 0.25) is 0 Å². The first kappa shape index (κ1) is 18.7. The Morgan fingerprint density at radius 3 is 2.69 bits per heavy atom. The van der Waals surface area contributed by atoms with E-state index < -0.39 is 11.8 Å². The molecule has 0 fully saturated rings. The van der Waals surface area contributed by atoms with Crippen molar-refractivity contribution in [3.05, 3.63) is 65.1 Å². The smallest absolute Gasteiger partial charge is 0.338 e. The molecular formula is C20H13ClFN5O2. The number of esters is 1. The molecule has 0 aliphatic rings. The van der Waals surface area contributed by atoms with E-state index in [1.165, 1.54) is 35.8 Å². The van der Waals surface area contributed by atoms with Crippen LogP contribution in [0.5, 0.6) is 0 Å². The molecule has 0 aliphatic carbocycles. The molecular weight excluding hydrogens is 397 g/mol. The second-order valence-corrected chi connectivity index (χ2v) is 6.60. The first-order chi connectivity index (χ1) is 13.9. The second kappa shape index (κ2) is 7.04. The number of benzene rings is 1. The largest absolute Gasteiger partial charge is 0.465 e. The van der Waals surface area contributed by atoms with Crippen LogP contribution in [0, 0.1) is 17.1 Å². The van der Waals surface area contributed by atoms with E-state index in [-0.39, 0.29) is 17.0 Å². The van der Waals surface area contributed by atoms with Crippen molar-refractivity contribution in [3.63, 3.8) is 0 Å². The Kier molecular flexibility index (Phi) is 4.53. The number of aromatic nitrogens is 4. The number of halogens is 2. The highest BCUT2D eigenvalue weighted by atomic mass is 35.5. The van der Waals surface area contributed by atoms with Crippen LogP contribution >= 0.6 is 11.6 Å². The summed E-state index contributed by atoms with van der Waals surface area (Å²) in [5.41, 5.74) is 2.42. The molecule has 144 valence electrons. The predicted molar refractivity (Wildman–Crippen MR) is 104 cm³/mol. The van der Waals surface area contributed by atoms with Gasteiger partial charge in [0.15, 0.2) is 5.69 Å². The number of carbonyl (C=O) groups excluding carboxylic acids is 1. The summed E-state index contributed by atoms with van der Waals surface area (Å²) in [5.74, 6) is -1.02. The van der Waals surface area contributed by atoms with E-state index in [2.05, 4.69) is 16.0 Å². The zero-order chi connectivity index (χ0) is 20.7. The third-order valence-corrected chi connectivity index (χ3v) is 4.96. The Morgan fingerprint density at radius 2 is 2.03 bits per heavy atom. The molecule has 4 rings (SSSR count). The topological polar surface area (TPSA) is 85.2 Å². The van der Waals surface area contributed by atoms with Gasteiger partial charge in [-0.15, -0.1) is 0 Å². The van der Waals surface area contributed by atoms with Gasteiger partial charge in [-0.2, -0.15) is 5.26 Å². The van der Waals surface area contributed by atoms with Crippen LogP contribution in [-0.2, 0) is 11.8 Å². The molecule has 0 atom stereocenters. The fraction of sp³-hybridized carbons (Fsp3) is 0.100. The Hall–Kier alpha value is -3.70. The minimum Gasteiger partial charge on any atom is -0.465 e. The molecule has 29 heavy (non-hydrogen) atoms. The van der Waals surface area contributed by atoms with Crippen molar-refractivity contribution in [2.45, 2.75) is 0 Å². The summed E-state index contributed by atoms with van der Waals surface area (Å²) in [6, 6.07) is 9.25. The number of nitrogens with zero attached hydrogens (tertiary/aromatic N) is 5. The first-order valence-corrected chi connectivity index (χ1v) is 8.80. The Bertz CT molecular complexity index is 1320. The van der Waals surface area contributed by atoms with E-state index in [0.717, 1.165) is 0 Å². The molecule has 0 spiro atoms. The molecule has 0 amide bonds. The number of nitriles is 1. The molecule has 1 aromatic carbocycles. The minimum atomic E-state index is -0.526. The van der Waals surface area contributed by atoms with Crippen LogP contribution in [0.1, 0.15) is 16.1 Å². The summed E-state index contributed by atoms with van der Waals surface area (Å²) in [5, 5.41) is 10.1. The predicted octanol–water partition coefficient (Wildman–Crippen LogP) is 3.85. The SMILES string of the molecule is COC(=O)c1ccn2c(C#N)c(-c3cc(F)ccc3-c3ncn(C)c3Cl)nc2c1. The molecule has 3 aromatic heterocycles. The lowest BCUT2D eigenvalue weighted by Crippen LogP contribution is -2.02. The highest BCUT2D eigenvalue weighted by Gasteiger charge is 2.22. The lowest BCUT2D eigenvalue weighted by Gasteiger charge is -2.07. The standard InChI is InChI=1S/C20H13ClFN5O2/c1-26-10-24-18(19(26)21)13-4-3-12(22)8-14(13)17-15(9-23)27-6-5-11(20(28)29-2)7-16(27)25-17/h3-8,10H,1-2H3. The van der Waals surface area contributed by atoms with E-state index in [9.17, 15) is 14.4 Å². The van der Waals surface area contributed by atoms with Crippen molar-refractivity contribution in [2.24, 2.45) is 7.05 Å². The normalized spacial score (nSPS) is 10.9. The van der Waals surface area contributed by atoms with Crippen LogP contribution in [0.2, 0.25) is 5.15 Å². The third-order valence-electron chi connectivity index (χ3n) is 4.51. The number of imidazole rings is 2. The first-order valence-electron chi connectivity index (χ1n) is 8.42. The van der Waals surface area contributed by atoms with Crippen LogP contribution in [-0.4, -0.2) is 32.0 Å². The number of hydrogen-bond acceptors (Lipinski definition) is 5. The molecule has 7 nitrogen and oxygen atoms in total. The molecule has 0 aliphatic heterocycles. The van der Waals surface area contributed by atoms with Gasteiger partial charge < -0.3 is 9.30 Å². The van der Waals surface area contributed by atoms with Crippen LogP contribution in [0.25, 0.3) is 28.2 Å². The van der Waals surface area contributed by atoms with Gasteiger partial charge in [0, 0.05) is 24.4 Å². The van der Waals surface area contributed by atoms with E-state index in [1.807, 2.05) is 0 Å². The average molecular weight is 410 g/mol. The lowest BCUT2D eigenvalue weighted by atomic mass is 10.0. The van der Waals surface area contributed by atoms with Crippen molar-refractivity contribution in [1.29, 1.82) is 5.26 Å². The van der Waals surface area contributed by atoms with E-state index in [4.69, 9.17) is 16.3 Å². The maximum atomic E-state index is 14.1. The number of ether oxygens (including phenoxy) is 1. The number of hydrogen-bond donors (Lipinski definition) is 0. The van der Waals surface area contributed by atoms with E-state index in [0.29, 0.717) is 27.6 Å². The van der Waals surface area contributed by atoms with Gasteiger partial charge >= 0.3 is 5.97 Å². The molecule has 3 heterocycles. The van der Waals surface area contributed by atoms with Gasteiger partial charge in [0.05, 0.1) is 19.0 Å². The van der Waals surface area contributed by atoms with Gasteiger partial charge in [-0.1, -0.05) is 11.6 Å². The van der Waals surface area contributed by atoms with Crippen molar-refractivity contribution in [1.82, 2.24) is 18.9 Å². The van der Waals surface area contributed by atoms with Gasteiger partial charge in [0.25, 0.3) is 0 Å². The summed E-state index contributed by atoms with van der Waals surface area (Å²) in [4.78, 5) is 20.6. The lowest BCUT2D eigenvalue weighted by molar-refractivity contribution is 0.0600. The van der Waals surface area contributed by atoms with Crippen LogP contribution < -0.4 is 0 Å². The number of methoxy groups -OCH3 is 1. The molecule has 9 heteroatoms. The highest BCUT2D eigenvalue weighted by molar-refractivity contribution is 6.32. The van der Waals surface area contributed by atoms with Crippen LogP contribution in [0.15, 0.2) is 42.9 Å². The fourth-order valence-corrected chi connectivity index (χ4v) is 3.29. The molecule has 0 N–H and O–H groups in total. The Balaban J connectivity index is 2.00. The van der Waals surface area contributed by atoms with Gasteiger partial charge in [-0.3, -0.25) is 4.40 Å². The van der Waals surface area contributed by atoms with Crippen molar-refractivity contribution in [3.8, 4) is 28.6 Å². The van der Waals surface area contributed by atoms with Crippen molar-refractivity contribution in [2.75, 3.05) is 7.11 Å². The highest BCUT2D eigenvalue weighted by Crippen LogP contribution is 2.36. The maximum Gasteiger partial charge on any atom is 0.338 e. The van der Waals surface area contributed by atoms with Crippen molar-refractivity contribution < 1.29 is 13.9 Å². The quantitative estimate of drug-likeness (QED) is 0.480. The van der Waals surface area contributed by atoms with Crippen LogP contribution in [0.4, 0.5) is 4.39 Å². The second-order valence-electron chi connectivity index (χ2n) is 6.24. The zero-order valence-corrected chi connectivity index (χ0v) is 16.1. The van der Waals surface area contributed by atoms with Gasteiger partial charge in [-0.25, -0.2) is 19.2 Å². The summed E-state index contributed by atoms with van der Waals surface area (Å²) in [7, 11) is 3.02. The molecule has 0 saturated carbocycles. The Labute approximate surface area is 169 Å². The molecule has 0 unspecified atom stereocenters. The van der Waals surface area contributed by atoms with Crippen LogP contribution in [0.3, 0.4) is 0 Å². The number of fused-ring (bicyclic) bond motifs is 1. The monoisotopic (exact) mass is 409 g/mol. The molecule has 4 aromatic rings. The maximum absolute atomic E-state index is 14.1. The fourth-order valence-electron chi connectivity index (χ4n) is 3.10. The van der Waals surface area contributed by atoms with Crippen molar-refractivity contribution >= 4 is 23.2 Å². The van der Waals surface area contributed by atoms with Gasteiger partial charge in [0.1, 0.15) is 34.1 Å². The molecule has 0 saturated heterocycles. The van der Waals surface area contributed by atoms with Gasteiger partial charge in [-0.05, 0) is 30.3 Å². The number of carbonyl (C=O) groups is 1. The number of aryl methyl sites for hydroxylation is 1. The summed E-state index contributed by atoms with van der Waals surface area (Å²) < 4.78 is 22.0. The summed E-state index contributed by atoms with van der Waals surface area (Å²) in [6.07, 6.45) is 3.09. The summed E-state index contributed by atoms with van der Waals surface area (Å²) in [6.45, 7) is 0.